The molecule has 9 heteroatoms. The van der Waals surface area contributed by atoms with Crippen molar-refractivity contribution in [3.8, 4) is 0 Å². The average Bonchev–Trinajstić information content (AvgIpc) is 2.32. The molecule has 5 N–H and O–H groups in total. The summed E-state index contributed by atoms with van der Waals surface area (Å²) in [5.41, 5.74) is 0. The number of alkyl halides is 3. The van der Waals surface area contributed by atoms with Gasteiger partial charge in [0.15, 0.2) is 0 Å². The number of halogens is 3. The monoisotopic (exact) mass is 289 g/mol. The number of hydrogen-bond donors (Lipinski definition) is 5. The molecule has 0 bridgehead atoms. The van der Waals surface area contributed by atoms with Crippen LogP contribution in [0.4, 0.5) is 13.2 Å². The van der Waals surface area contributed by atoms with Crippen LogP contribution in [0.15, 0.2) is 0 Å². The molecule has 19 heavy (non-hydrogen) atoms. The maximum atomic E-state index is 12.0. The van der Waals surface area contributed by atoms with Crippen molar-refractivity contribution in [1.29, 1.82) is 0 Å². The highest BCUT2D eigenvalue weighted by molar-refractivity contribution is 4.96. The Morgan fingerprint density at radius 2 is 1.53 bits per heavy atom. The Bertz CT molecular complexity index is 291. The molecule has 1 fully saturated rings. The minimum absolute atomic E-state index is 0.271. The molecule has 1 aliphatic heterocycles. The van der Waals surface area contributed by atoms with Gasteiger partial charge in [-0.15, -0.1) is 0 Å². The highest BCUT2D eigenvalue weighted by Gasteiger charge is 2.46. The van der Waals surface area contributed by atoms with Gasteiger partial charge in [-0.3, -0.25) is 4.90 Å². The lowest BCUT2D eigenvalue weighted by molar-refractivity contribution is -0.224. The second kappa shape index (κ2) is 6.33. The zero-order valence-electron chi connectivity index (χ0n) is 10.0. The van der Waals surface area contributed by atoms with Crippen LogP contribution >= 0.6 is 0 Å². The van der Waals surface area contributed by atoms with Crippen LogP contribution in [0, 0.1) is 0 Å². The largest absolute Gasteiger partial charge is 0.395 e. The maximum Gasteiger partial charge on any atom is 0.389 e. The Morgan fingerprint density at radius 3 is 2.00 bits per heavy atom. The summed E-state index contributed by atoms with van der Waals surface area (Å²) < 4.78 is 36.1. The van der Waals surface area contributed by atoms with Gasteiger partial charge < -0.3 is 25.5 Å². The van der Waals surface area contributed by atoms with Crippen molar-refractivity contribution < 1.29 is 38.7 Å². The molecule has 0 radical (unpaired) electrons. The smallest absolute Gasteiger partial charge is 0.389 e. The van der Waals surface area contributed by atoms with Gasteiger partial charge in [0.2, 0.25) is 0 Å². The first-order valence-electron chi connectivity index (χ1n) is 5.84. The van der Waals surface area contributed by atoms with Crippen molar-refractivity contribution in [2.45, 2.75) is 49.6 Å². The Balaban J connectivity index is 2.67. The van der Waals surface area contributed by atoms with Gasteiger partial charge in [0, 0.05) is 13.0 Å². The zero-order valence-corrected chi connectivity index (χ0v) is 10.0. The fraction of sp³-hybridized carbons (Fsp3) is 1.00. The Morgan fingerprint density at radius 1 is 0.947 bits per heavy atom. The molecule has 0 amide bonds. The molecular formula is C10H18F3NO5. The van der Waals surface area contributed by atoms with Crippen LogP contribution in [0.25, 0.3) is 0 Å². The Hall–Kier alpha value is -0.450. The second-order valence-corrected chi connectivity index (χ2v) is 4.59. The molecule has 0 aromatic carbocycles. The molecule has 0 aromatic rings. The van der Waals surface area contributed by atoms with Crippen LogP contribution < -0.4 is 0 Å². The third-order valence-electron chi connectivity index (χ3n) is 3.23. The lowest BCUT2D eigenvalue weighted by Gasteiger charge is -2.46. The van der Waals surface area contributed by atoms with Gasteiger partial charge in [-0.25, -0.2) is 0 Å². The quantitative estimate of drug-likeness (QED) is 0.427. The number of aliphatic hydroxyl groups excluding tert-OH is 5. The van der Waals surface area contributed by atoms with Crippen LogP contribution in [0.5, 0.6) is 0 Å². The Kier molecular flexibility index (Phi) is 5.53. The predicted molar refractivity (Wildman–Crippen MR) is 56.9 cm³/mol. The van der Waals surface area contributed by atoms with E-state index < -0.39 is 49.8 Å². The standard InChI is InChI=1S/C10H18F3NO5/c11-10(12,13)2-1-3-14-5(4-15)6(16)7(17)8(18)9(14)19/h5-9,15-19H,1-4H2/t5-,6-,7+,8-,9?/m1/s1. The molecule has 1 aliphatic rings. The third kappa shape index (κ3) is 4.01. The van der Waals surface area contributed by atoms with Gasteiger partial charge >= 0.3 is 6.18 Å². The summed E-state index contributed by atoms with van der Waals surface area (Å²) in [6.45, 7) is -0.930. The molecule has 0 spiro atoms. The van der Waals surface area contributed by atoms with Crippen molar-refractivity contribution >= 4 is 0 Å². The number of nitrogens with zero attached hydrogens (tertiary/aromatic N) is 1. The van der Waals surface area contributed by atoms with E-state index in [0.29, 0.717) is 0 Å². The van der Waals surface area contributed by atoms with Crippen LogP contribution in [0.2, 0.25) is 0 Å². The summed E-state index contributed by atoms with van der Waals surface area (Å²) in [6.07, 6.45) is -12.3. The molecule has 6 nitrogen and oxygen atoms in total. The molecule has 0 aromatic heterocycles. The molecule has 1 rings (SSSR count). The van der Waals surface area contributed by atoms with Gasteiger partial charge in [-0.05, 0) is 6.42 Å². The third-order valence-corrected chi connectivity index (χ3v) is 3.23. The van der Waals surface area contributed by atoms with Crippen LogP contribution in [-0.4, -0.2) is 80.3 Å². The summed E-state index contributed by atoms with van der Waals surface area (Å²) in [5.74, 6) is 0. The Labute approximate surface area is 107 Å². The fourth-order valence-electron chi connectivity index (χ4n) is 2.17. The van der Waals surface area contributed by atoms with E-state index in [9.17, 15) is 33.6 Å². The number of likely N-dealkylation sites (tertiary alicyclic amines) is 1. The molecule has 5 atom stereocenters. The van der Waals surface area contributed by atoms with E-state index in [4.69, 9.17) is 5.11 Å². The van der Waals surface area contributed by atoms with Crippen LogP contribution in [0.1, 0.15) is 12.8 Å². The maximum absolute atomic E-state index is 12.0. The summed E-state index contributed by atoms with van der Waals surface area (Å²) in [4.78, 5) is 0.966. The molecule has 0 aliphatic carbocycles. The first-order chi connectivity index (χ1) is 8.69. The van der Waals surface area contributed by atoms with E-state index in [1.54, 1.807) is 0 Å². The van der Waals surface area contributed by atoms with E-state index in [2.05, 4.69) is 0 Å². The van der Waals surface area contributed by atoms with Gasteiger partial charge in [-0.1, -0.05) is 0 Å². The lowest BCUT2D eigenvalue weighted by Crippen LogP contribution is -2.67. The lowest BCUT2D eigenvalue weighted by atomic mass is 9.92. The minimum atomic E-state index is -4.34. The summed E-state index contributed by atoms with van der Waals surface area (Å²) >= 11 is 0. The van der Waals surface area contributed by atoms with Gasteiger partial charge in [-0.2, -0.15) is 13.2 Å². The van der Waals surface area contributed by atoms with Crippen LogP contribution in [0.3, 0.4) is 0 Å². The molecule has 1 heterocycles. The fourth-order valence-corrected chi connectivity index (χ4v) is 2.17. The molecule has 1 unspecified atom stereocenters. The normalized spacial score (nSPS) is 37.6. The van der Waals surface area contributed by atoms with Gasteiger partial charge in [0.1, 0.15) is 24.5 Å². The van der Waals surface area contributed by atoms with E-state index in [-0.39, 0.29) is 13.0 Å². The van der Waals surface area contributed by atoms with E-state index in [0.717, 1.165) is 4.90 Å². The van der Waals surface area contributed by atoms with Crippen molar-refractivity contribution in [2.75, 3.05) is 13.2 Å². The van der Waals surface area contributed by atoms with Gasteiger partial charge in [0.05, 0.1) is 12.6 Å². The number of hydrogen-bond acceptors (Lipinski definition) is 6. The van der Waals surface area contributed by atoms with Crippen LogP contribution in [-0.2, 0) is 0 Å². The molecule has 1 saturated heterocycles. The average molecular weight is 289 g/mol. The van der Waals surface area contributed by atoms with Crippen molar-refractivity contribution in [2.24, 2.45) is 0 Å². The first-order valence-corrected chi connectivity index (χ1v) is 5.84. The van der Waals surface area contributed by atoms with Crippen molar-refractivity contribution in [3.05, 3.63) is 0 Å². The number of aliphatic hydroxyl groups is 5. The highest BCUT2D eigenvalue weighted by atomic mass is 19.4. The predicted octanol–water partition coefficient (Wildman–Crippen LogP) is -1.59. The number of rotatable bonds is 4. The van der Waals surface area contributed by atoms with Crippen molar-refractivity contribution in [3.63, 3.8) is 0 Å². The van der Waals surface area contributed by atoms with Gasteiger partial charge in [0.25, 0.3) is 0 Å². The zero-order chi connectivity index (χ0) is 14.8. The minimum Gasteiger partial charge on any atom is -0.395 e. The first kappa shape index (κ1) is 16.6. The molecule has 114 valence electrons. The second-order valence-electron chi connectivity index (χ2n) is 4.59. The van der Waals surface area contributed by atoms with E-state index in [1.807, 2.05) is 0 Å². The number of piperidine rings is 1. The summed E-state index contributed by atoms with van der Waals surface area (Å²) in [7, 11) is 0. The van der Waals surface area contributed by atoms with E-state index in [1.165, 1.54) is 0 Å². The molecular weight excluding hydrogens is 271 g/mol. The topological polar surface area (TPSA) is 104 Å². The summed E-state index contributed by atoms with van der Waals surface area (Å²) in [6, 6.07) is -1.12. The van der Waals surface area contributed by atoms with Crippen molar-refractivity contribution in [1.82, 2.24) is 4.90 Å². The SMILES string of the molecule is OC[C@@H]1[C@@H](O)[C@H](O)[C@@H](O)C(O)N1CCCC(F)(F)F. The van der Waals surface area contributed by atoms with E-state index >= 15 is 0 Å². The molecule has 0 saturated carbocycles. The highest BCUT2D eigenvalue weighted by Crippen LogP contribution is 2.26. The summed E-state index contributed by atoms with van der Waals surface area (Å²) in [5, 5.41) is 47.2.